The summed E-state index contributed by atoms with van der Waals surface area (Å²) in [7, 11) is 7.95. The predicted octanol–water partition coefficient (Wildman–Crippen LogP) is 6.68. The number of rotatable bonds is 9. The molecule has 39 heavy (non-hydrogen) atoms. The fourth-order valence-corrected chi connectivity index (χ4v) is 5.50. The fraction of sp³-hybridized carbons (Fsp3) is 0.452. The maximum absolute atomic E-state index is 5.24. The molecule has 0 amide bonds. The lowest BCUT2D eigenvalue weighted by atomic mass is 9.95. The van der Waals surface area contributed by atoms with E-state index in [2.05, 4.69) is 75.9 Å². The normalized spacial score (nSPS) is 16.0. The van der Waals surface area contributed by atoms with Gasteiger partial charge in [0.2, 0.25) is 0 Å². The van der Waals surface area contributed by atoms with Gasteiger partial charge in [-0.15, -0.1) is 0 Å². The van der Waals surface area contributed by atoms with Gasteiger partial charge >= 0.3 is 0 Å². The first-order valence-electron chi connectivity index (χ1n) is 14.1. The monoisotopic (exact) mass is 526 g/mol. The predicted molar refractivity (Wildman–Crippen MR) is 162 cm³/mol. The van der Waals surface area contributed by atoms with Crippen molar-refractivity contribution in [2.24, 2.45) is 12.0 Å². The van der Waals surface area contributed by atoms with E-state index in [-0.39, 0.29) is 0 Å². The second-order valence-electron chi connectivity index (χ2n) is 10.9. The van der Waals surface area contributed by atoms with Crippen molar-refractivity contribution in [3.63, 3.8) is 0 Å². The number of amidine groups is 1. The van der Waals surface area contributed by atoms with Crippen LogP contribution in [0.4, 0.5) is 11.5 Å². The Balaban J connectivity index is 1.51. The first kappa shape index (κ1) is 26.9. The first-order valence-corrected chi connectivity index (χ1v) is 14.1. The quantitative estimate of drug-likeness (QED) is 0.191. The van der Waals surface area contributed by atoms with Gasteiger partial charge in [0.05, 0.1) is 17.6 Å². The van der Waals surface area contributed by atoms with Crippen molar-refractivity contribution in [3.8, 4) is 11.4 Å². The maximum atomic E-state index is 5.24. The number of aryl methyl sites for hydroxylation is 2. The van der Waals surface area contributed by atoms with Gasteiger partial charge in [0.1, 0.15) is 17.3 Å². The van der Waals surface area contributed by atoms with E-state index in [0.717, 1.165) is 52.8 Å². The molecule has 2 aromatic heterocycles. The SMILES string of the molecule is C=C(c1ccc(N/C(C)=N/c2c(CC)cc(-c3cnn(C)n3)n2C2CCCCC2)c(C2=CC2)c1)N(C)N(C)C. The molecule has 1 fully saturated rings. The highest BCUT2D eigenvalue weighted by Crippen LogP contribution is 2.41. The topological polar surface area (TPSA) is 66.5 Å². The van der Waals surface area contributed by atoms with Crippen LogP contribution >= 0.6 is 0 Å². The first-order chi connectivity index (χ1) is 18.8. The largest absolute Gasteiger partial charge is 0.343 e. The Kier molecular flexibility index (Phi) is 7.75. The average Bonchev–Trinajstić information content (AvgIpc) is 3.59. The van der Waals surface area contributed by atoms with Crippen molar-refractivity contribution in [3.05, 3.63) is 59.8 Å². The molecular formula is C31H42N8. The molecule has 3 aromatic rings. The lowest BCUT2D eigenvalue weighted by molar-refractivity contribution is 0.131. The van der Waals surface area contributed by atoms with Crippen molar-refractivity contribution >= 4 is 28.6 Å². The third-order valence-electron chi connectivity index (χ3n) is 7.96. The molecule has 0 spiro atoms. The van der Waals surface area contributed by atoms with E-state index >= 15 is 0 Å². The highest BCUT2D eigenvalue weighted by Gasteiger charge is 2.25. The van der Waals surface area contributed by atoms with Gasteiger partial charge < -0.3 is 14.9 Å². The number of nitrogens with one attached hydrogen (secondary N) is 1. The van der Waals surface area contributed by atoms with Gasteiger partial charge in [-0.25, -0.2) is 10.0 Å². The van der Waals surface area contributed by atoms with E-state index in [1.54, 1.807) is 4.80 Å². The van der Waals surface area contributed by atoms with Crippen LogP contribution in [0.2, 0.25) is 0 Å². The van der Waals surface area contributed by atoms with Crippen molar-refractivity contribution in [2.75, 3.05) is 26.5 Å². The van der Waals surface area contributed by atoms with Crippen LogP contribution in [0.3, 0.4) is 0 Å². The number of nitrogens with zero attached hydrogens (tertiary/aromatic N) is 7. The Labute approximate surface area is 232 Å². The third-order valence-corrected chi connectivity index (χ3v) is 7.96. The minimum absolute atomic E-state index is 0.425. The van der Waals surface area contributed by atoms with Gasteiger partial charge in [0.15, 0.2) is 0 Å². The molecule has 1 saturated carbocycles. The van der Waals surface area contributed by atoms with E-state index < -0.39 is 0 Å². The van der Waals surface area contributed by atoms with Crippen molar-refractivity contribution in [1.29, 1.82) is 0 Å². The molecule has 1 N–H and O–H groups in total. The molecule has 5 rings (SSSR count). The zero-order valence-electron chi connectivity index (χ0n) is 24.3. The minimum Gasteiger partial charge on any atom is -0.343 e. The van der Waals surface area contributed by atoms with Crippen LogP contribution in [-0.2, 0) is 13.5 Å². The number of hydrogen-bond donors (Lipinski definition) is 1. The van der Waals surface area contributed by atoms with Gasteiger partial charge in [0, 0.05) is 45.5 Å². The number of aromatic nitrogens is 4. The van der Waals surface area contributed by atoms with Crippen LogP contribution in [0, 0.1) is 0 Å². The van der Waals surface area contributed by atoms with Crippen molar-refractivity contribution in [2.45, 2.75) is 64.8 Å². The lowest BCUT2D eigenvalue weighted by Gasteiger charge is -2.28. The molecule has 0 radical (unpaired) electrons. The van der Waals surface area contributed by atoms with Crippen LogP contribution in [-0.4, -0.2) is 56.6 Å². The lowest BCUT2D eigenvalue weighted by Crippen LogP contribution is -2.31. The standard InChI is InChI=1S/C31H42N8/c1-8-23-19-30(29-20-32-38(7)35-29)39(26-12-10-9-11-13-26)31(23)34-22(3)33-28-17-16-25(18-27(28)24-14-15-24)21(2)37(6)36(4)5/h14,16-20,26H,2,8-13,15H2,1,3-7H3,(H,33,34). The van der Waals surface area contributed by atoms with Crippen LogP contribution in [0.15, 0.2) is 48.1 Å². The number of benzene rings is 1. The number of hydrogen-bond acceptors (Lipinski definition) is 5. The highest BCUT2D eigenvalue weighted by molar-refractivity contribution is 5.99. The smallest absolute Gasteiger partial charge is 0.138 e. The minimum atomic E-state index is 0.425. The Morgan fingerprint density at radius 3 is 2.51 bits per heavy atom. The highest BCUT2D eigenvalue weighted by atomic mass is 15.6. The summed E-state index contributed by atoms with van der Waals surface area (Å²) < 4.78 is 2.45. The van der Waals surface area contributed by atoms with Gasteiger partial charge in [-0.2, -0.15) is 15.0 Å². The zero-order valence-corrected chi connectivity index (χ0v) is 24.3. The summed E-state index contributed by atoms with van der Waals surface area (Å²) in [5, 5.41) is 16.7. The second-order valence-corrected chi connectivity index (χ2v) is 10.9. The zero-order chi connectivity index (χ0) is 27.7. The van der Waals surface area contributed by atoms with E-state index in [9.17, 15) is 0 Å². The molecule has 8 heteroatoms. The Morgan fingerprint density at radius 1 is 1.15 bits per heavy atom. The van der Waals surface area contributed by atoms with E-state index in [1.165, 1.54) is 48.8 Å². The van der Waals surface area contributed by atoms with Crippen LogP contribution in [0.5, 0.6) is 0 Å². The fourth-order valence-electron chi connectivity index (χ4n) is 5.50. The molecule has 1 aromatic carbocycles. The molecule has 0 saturated heterocycles. The Morgan fingerprint density at radius 2 is 1.90 bits per heavy atom. The van der Waals surface area contributed by atoms with Gasteiger partial charge in [-0.3, -0.25) is 0 Å². The summed E-state index contributed by atoms with van der Waals surface area (Å²) in [6, 6.07) is 9.23. The summed E-state index contributed by atoms with van der Waals surface area (Å²) in [6.45, 7) is 8.59. The maximum Gasteiger partial charge on any atom is 0.138 e. The summed E-state index contributed by atoms with van der Waals surface area (Å²) in [4.78, 5) is 6.88. The summed E-state index contributed by atoms with van der Waals surface area (Å²) >= 11 is 0. The van der Waals surface area contributed by atoms with Crippen LogP contribution < -0.4 is 5.32 Å². The summed E-state index contributed by atoms with van der Waals surface area (Å²) in [5.41, 5.74) is 9.00. The van der Waals surface area contributed by atoms with Crippen molar-refractivity contribution in [1.82, 2.24) is 29.6 Å². The molecule has 0 unspecified atom stereocenters. The number of hydrazine groups is 1. The van der Waals surface area contributed by atoms with Gasteiger partial charge in [-0.05, 0) is 67.5 Å². The molecule has 2 aliphatic carbocycles. The van der Waals surface area contributed by atoms with E-state index in [4.69, 9.17) is 4.99 Å². The number of aliphatic imine (C=N–C) groups is 1. The molecule has 2 heterocycles. The summed E-state index contributed by atoms with van der Waals surface area (Å²) in [6.07, 6.45) is 12.2. The molecular weight excluding hydrogens is 484 g/mol. The van der Waals surface area contributed by atoms with E-state index in [1.807, 2.05) is 39.4 Å². The van der Waals surface area contributed by atoms with Gasteiger partial charge in [-0.1, -0.05) is 44.9 Å². The molecule has 0 atom stereocenters. The average molecular weight is 527 g/mol. The molecule has 2 aliphatic rings. The summed E-state index contributed by atoms with van der Waals surface area (Å²) in [5.74, 6) is 1.92. The van der Waals surface area contributed by atoms with Crippen LogP contribution in [0.25, 0.3) is 22.7 Å². The Hall–Kier alpha value is -3.65. The second kappa shape index (κ2) is 11.2. The number of allylic oxidation sites excluding steroid dienone is 2. The number of anilines is 1. The third kappa shape index (κ3) is 5.71. The molecule has 0 bridgehead atoms. The Bertz CT molecular complexity index is 1410. The molecule has 8 nitrogen and oxygen atoms in total. The van der Waals surface area contributed by atoms with E-state index in [0.29, 0.717) is 6.04 Å². The molecule has 206 valence electrons. The van der Waals surface area contributed by atoms with Gasteiger partial charge in [0.25, 0.3) is 0 Å². The molecule has 0 aliphatic heterocycles. The van der Waals surface area contributed by atoms with Crippen LogP contribution in [0.1, 0.15) is 75.1 Å². The van der Waals surface area contributed by atoms with Crippen molar-refractivity contribution < 1.29 is 0 Å².